The zero-order valence-corrected chi connectivity index (χ0v) is 11.8. The molecule has 0 aliphatic carbocycles. The smallest absolute Gasteiger partial charge is 0.0128 e. The molecule has 1 heteroatoms. The molecular formula is C17H19P. The van der Waals surface area contributed by atoms with Gasteiger partial charge in [0, 0.05) is 0 Å². The van der Waals surface area contributed by atoms with Crippen molar-refractivity contribution in [2.24, 2.45) is 0 Å². The molecule has 2 rings (SSSR count). The van der Waals surface area contributed by atoms with Crippen molar-refractivity contribution < 1.29 is 0 Å². The standard InChI is InChI=1S/C17H19P/c1-2-3-4-14-5-9-16(10-6-14)17-11-7-15(13-18)8-12-17/h2,5-12H,1,3-4,13,18H2. The average molecular weight is 254 g/mol. The first-order valence-electron chi connectivity index (χ1n) is 6.32. The van der Waals surface area contributed by atoms with E-state index < -0.39 is 0 Å². The molecular weight excluding hydrogens is 235 g/mol. The van der Waals surface area contributed by atoms with Gasteiger partial charge in [-0.25, -0.2) is 0 Å². The van der Waals surface area contributed by atoms with Gasteiger partial charge >= 0.3 is 0 Å². The molecule has 0 spiro atoms. The Kier molecular flexibility index (Phi) is 4.73. The lowest BCUT2D eigenvalue weighted by Gasteiger charge is -2.05. The first-order chi connectivity index (χ1) is 8.83. The van der Waals surface area contributed by atoms with Gasteiger partial charge in [0.2, 0.25) is 0 Å². The molecule has 0 heterocycles. The maximum Gasteiger partial charge on any atom is -0.0128 e. The van der Waals surface area contributed by atoms with Gasteiger partial charge in [-0.3, -0.25) is 0 Å². The van der Waals surface area contributed by atoms with Crippen LogP contribution in [0.2, 0.25) is 0 Å². The Balaban J connectivity index is 2.14. The highest BCUT2D eigenvalue weighted by Gasteiger charge is 1.98. The molecule has 0 radical (unpaired) electrons. The van der Waals surface area contributed by atoms with E-state index in [9.17, 15) is 0 Å². The van der Waals surface area contributed by atoms with E-state index in [2.05, 4.69) is 64.3 Å². The minimum atomic E-state index is 1.01. The van der Waals surface area contributed by atoms with Crippen LogP contribution in [0.25, 0.3) is 11.1 Å². The molecule has 18 heavy (non-hydrogen) atoms. The van der Waals surface area contributed by atoms with E-state index in [1.807, 2.05) is 6.08 Å². The van der Waals surface area contributed by atoms with Crippen molar-refractivity contribution in [2.75, 3.05) is 0 Å². The van der Waals surface area contributed by atoms with E-state index >= 15 is 0 Å². The third kappa shape index (κ3) is 3.31. The van der Waals surface area contributed by atoms with E-state index in [0.717, 1.165) is 19.0 Å². The molecule has 1 unspecified atom stereocenters. The summed E-state index contributed by atoms with van der Waals surface area (Å²) in [7, 11) is 2.75. The minimum absolute atomic E-state index is 1.01. The molecule has 0 fully saturated rings. The second-order valence-corrected chi connectivity index (χ2v) is 4.83. The minimum Gasteiger partial charge on any atom is -0.133 e. The number of aryl methyl sites for hydroxylation is 1. The molecule has 0 saturated carbocycles. The number of benzene rings is 2. The monoisotopic (exact) mass is 254 g/mol. The molecule has 0 aliphatic rings. The van der Waals surface area contributed by atoms with Crippen LogP contribution in [0.3, 0.4) is 0 Å². The molecule has 0 bridgehead atoms. The Hall–Kier alpha value is -1.39. The van der Waals surface area contributed by atoms with Gasteiger partial charge in [-0.05, 0) is 41.3 Å². The first-order valence-corrected chi connectivity index (χ1v) is 7.14. The highest BCUT2D eigenvalue weighted by molar-refractivity contribution is 7.15. The van der Waals surface area contributed by atoms with Gasteiger partial charge in [0.15, 0.2) is 0 Å². The molecule has 92 valence electrons. The van der Waals surface area contributed by atoms with Crippen molar-refractivity contribution in [3.05, 3.63) is 72.3 Å². The molecule has 2 aromatic rings. The van der Waals surface area contributed by atoms with Gasteiger partial charge in [0.1, 0.15) is 0 Å². The van der Waals surface area contributed by atoms with Gasteiger partial charge < -0.3 is 0 Å². The maximum absolute atomic E-state index is 3.76. The fraction of sp³-hybridized carbons (Fsp3) is 0.176. The lowest BCUT2D eigenvalue weighted by atomic mass is 10.0. The van der Waals surface area contributed by atoms with Crippen LogP contribution in [0.5, 0.6) is 0 Å². The molecule has 0 nitrogen and oxygen atoms in total. The number of allylic oxidation sites excluding steroid dienone is 1. The summed E-state index contributed by atoms with van der Waals surface area (Å²) in [6.45, 7) is 3.76. The van der Waals surface area contributed by atoms with E-state index in [4.69, 9.17) is 0 Å². The van der Waals surface area contributed by atoms with Crippen molar-refractivity contribution in [2.45, 2.75) is 19.0 Å². The average Bonchev–Trinajstić information content (AvgIpc) is 2.46. The van der Waals surface area contributed by atoms with E-state index in [1.165, 1.54) is 22.3 Å². The summed E-state index contributed by atoms with van der Waals surface area (Å²) >= 11 is 0. The molecule has 0 aliphatic heterocycles. The first kappa shape index (κ1) is 13.1. The molecule has 2 aromatic carbocycles. The normalized spacial score (nSPS) is 10.3. The van der Waals surface area contributed by atoms with Gasteiger partial charge in [-0.2, -0.15) is 0 Å². The van der Waals surface area contributed by atoms with Crippen LogP contribution in [-0.4, -0.2) is 0 Å². The zero-order valence-electron chi connectivity index (χ0n) is 10.6. The summed E-state index contributed by atoms with van der Waals surface area (Å²) in [4.78, 5) is 0. The van der Waals surface area contributed by atoms with Crippen LogP contribution in [0, 0.1) is 0 Å². The highest BCUT2D eigenvalue weighted by atomic mass is 31.0. The van der Waals surface area contributed by atoms with Crippen molar-refractivity contribution in [1.29, 1.82) is 0 Å². The maximum atomic E-state index is 3.76. The largest absolute Gasteiger partial charge is 0.133 e. The fourth-order valence-electron chi connectivity index (χ4n) is 1.97. The molecule has 0 amide bonds. The Morgan fingerprint density at radius 3 is 1.78 bits per heavy atom. The second kappa shape index (κ2) is 6.52. The molecule has 0 N–H and O–H groups in total. The Morgan fingerprint density at radius 1 is 0.833 bits per heavy atom. The van der Waals surface area contributed by atoms with Crippen LogP contribution >= 0.6 is 9.24 Å². The highest BCUT2D eigenvalue weighted by Crippen LogP contribution is 2.21. The topological polar surface area (TPSA) is 0 Å². The summed E-state index contributed by atoms with van der Waals surface area (Å²) < 4.78 is 0. The Bertz CT molecular complexity index is 494. The molecule has 0 aromatic heterocycles. The molecule has 1 atom stereocenters. The lowest BCUT2D eigenvalue weighted by molar-refractivity contribution is 1.00. The van der Waals surface area contributed by atoms with Crippen molar-refractivity contribution in [3.8, 4) is 11.1 Å². The fourth-order valence-corrected chi connectivity index (χ4v) is 2.24. The van der Waals surface area contributed by atoms with Gasteiger partial charge in [0.25, 0.3) is 0 Å². The van der Waals surface area contributed by atoms with Crippen molar-refractivity contribution in [3.63, 3.8) is 0 Å². The van der Waals surface area contributed by atoms with Crippen LogP contribution < -0.4 is 0 Å². The predicted octanol–water partition coefficient (Wildman–Crippen LogP) is 4.85. The van der Waals surface area contributed by atoms with Crippen LogP contribution in [0.4, 0.5) is 0 Å². The summed E-state index contributed by atoms with van der Waals surface area (Å²) in [5, 5.41) is 0. The summed E-state index contributed by atoms with van der Waals surface area (Å²) in [5.41, 5.74) is 5.30. The van der Waals surface area contributed by atoms with Crippen LogP contribution in [-0.2, 0) is 12.6 Å². The number of rotatable bonds is 5. The zero-order chi connectivity index (χ0) is 12.8. The Morgan fingerprint density at radius 2 is 1.33 bits per heavy atom. The third-order valence-corrected chi connectivity index (χ3v) is 3.59. The summed E-state index contributed by atoms with van der Waals surface area (Å²) in [6.07, 6.45) is 5.11. The third-order valence-electron chi connectivity index (χ3n) is 3.11. The van der Waals surface area contributed by atoms with Gasteiger partial charge in [-0.15, -0.1) is 15.8 Å². The van der Waals surface area contributed by atoms with E-state index in [0.29, 0.717) is 0 Å². The van der Waals surface area contributed by atoms with Crippen LogP contribution in [0.1, 0.15) is 17.5 Å². The summed E-state index contributed by atoms with van der Waals surface area (Å²) in [6, 6.07) is 17.6. The second-order valence-electron chi connectivity index (χ2n) is 4.43. The quantitative estimate of drug-likeness (QED) is 0.528. The van der Waals surface area contributed by atoms with E-state index in [-0.39, 0.29) is 0 Å². The Labute approximate surface area is 112 Å². The number of hydrogen-bond donors (Lipinski definition) is 0. The van der Waals surface area contributed by atoms with E-state index in [1.54, 1.807) is 0 Å². The lowest BCUT2D eigenvalue weighted by Crippen LogP contribution is -1.84. The number of hydrogen-bond acceptors (Lipinski definition) is 0. The van der Waals surface area contributed by atoms with Crippen molar-refractivity contribution >= 4 is 9.24 Å². The van der Waals surface area contributed by atoms with Crippen LogP contribution in [0.15, 0.2) is 61.2 Å². The van der Waals surface area contributed by atoms with Crippen molar-refractivity contribution in [1.82, 2.24) is 0 Å². The van der Waals surface area contributed by atoms with Gasteiger partial charge in [-0.1, -0.05) is 54.6 Å². The SMILES string of the molecule is C=CCCc1ccc(-c2ccc(CP)cc2)cc1. The predicted molar refractivity (Wildman–Crippen MR) is 83.8 cm³/mol. The molecule has 0 saturated heterocycles. The summed E-state index contributed by atoms with van der Waals surface area (Å²) in [5.74, 6) is 0. The van der Waals surface area contributed by atoms with Gasteiger partial charge in [0.05, 0.1) is 0 Å².